The smallest absolute Gasteiger partial charge is 0.347 e. The number of likely N-dealkylation sites (tertiary alicyclic amines) is 1. The number of nitrogens with two attached hydrogens (primary N) is 1. The van der Waals surface area contributed by atoms with Crippen molar-refractivity contribution in [3.8, 4) is 0 Å². The number of nitrogens with zero attached hydrogens (tertiary/aromatic N) is 2. The Kier molecular flexibility index (Phi) is 5.59. The molecule has 1 atom stereocenters. The topological polar surface area (TPSA) is 71.2 Å². The molecule has 1 aliphatic heterocycles. The van der Waals surface area contributed by atoms with Crippen molar-refractivity contribution in [3.63, 3.8) is 0 Å². The average Bonchev–Trinajstić information content (AvgIpc) is 3.24. The van der Waals surface area contributed by atoms with Crippen LogP contribution < -0.4 is 11.1 Å². The molecule has 3 rings (SSSR count). The Morgan fingerprint density at radius 3 is 2.69 bits per heavy atom. The van der Waals surface area contributed by atoms with Gasteiger partial charge in [-0.3, -0.25) is 9.69 Å². The van der Waals surface area contributed by atoms with Gasteiger partial charge in [-0.1, -0.05) is 12.1 Å². The van der Waals surface area contributed by atoms with Crippen LogP contribution in [0.3, 0.4) is 0 Å². The molecule has 0 aliphatic carbocycles. The third kappa shape index (κ3) is 4.60. The molecule has 2 aromatic rings. The molecule has 1 saturated heterocycles. The molecule has 1 unspecified atom stereocenters. The first-order valence-electron chi connectivity index (χ1n) is 8.19. The first-order valence-corrected chi connectivity index (χ1v) is 9.07. The molecule has 26 heavy (non-hydrogen) atoms. The average molecular weight is 384 g/mol. The van der Waals surface area contributed by atoms with Crippen molar-refractivity contribution in [2.75, 3.05) is 13.1 Å². The lowest BCUT2D eigenvalue weighted by atomic mass is 10.1. The predicted molar refractivity (Wildman–Crippen MR) is 92.6 cm³/mol. The minimum Gasteiger partial charge on any atom is -0.347 e. The molecule has 1 fully saturated rings. The van der Waals surface area contributed by atoms with E-state index in [9.17, 15) is 18.0 Å². The lowest BCUT2D eigenvalue weighted by molar-refractivity contribution is -0.137. The van der Waals surface area contributed by atoms with Crippen molar-refractivity contribution in [2.45, 2.75) is 31.7 Å². The molecule has 140 valence electrons. The summed E-state index contributed by atoms with van der Waals surface area (Å²) >= 11 is 1.35. The van der Waals surface area contributed by atoms with E-state index in [1.807, 2.05) is 0 Å². The number of carbonyl (C=O) groups excluding carboxylic acids is 1. The number of halogens is 3. The summed E-state index contributed by atoms with van der Waals surface area (Å²) in [5.74, 6) is -0.220. The van der Waals surface area contributed by atoms with E-state index in [2.05, 4.69) is 15.2 Å². The van der Waals surface area contributed by atoms with Crippen molar-refractivity contribution >= 4 is 17.2 Å². The molecule has 3 N–H and O–H groups in total. The van der Waals surface area contributed by atoms with Crippen LogP contribution in [0.4, 0.5) is 13.2 Å². The standard InChI is InChI=1S/C17H19F3N4OS/c18-17(19,20)12-3-1-11(2-4-12)8-24-6-5-13(9-24)22-16(25)14-10-26-15(7-21)23-14/h1-4,10,13H,5-9,21H2,(H,22,25). The maximum absolute atomic E-state index is 12.6. The van der Waals surface area contributed by atoms with Gasteiger partial charge in [-0.25, -0.2) is 4.98 Å². The lowest BCUT2D eigenvalue weighted by Crippen LogP contribution is -2.37. The first-order chi connectivity index (χ1) is 12.3. The molecular weight excluding hydrogens is 365 g/mol. The van der Waals surface area contributed by atoms with Crippen molar-refractivity contribution in [1.29, 1.82) is 0 Å². The zero-order valence-corrected chi connectivity index (χ0v) is 14.7. The van der Waals surface area contributed by atoms with E-state index in [1.54, 1.807) is 5.38 Å². The van der Waals surface area contributed by atoms with Crippen molar-refractivity contribution in [2.24, 2.45) is 5.73 Å². The number of thiazole rings is 1. The van der Waals surface area contributed by atoms with Crippen molar-refractivity contribution in [1.82, 2.24) is 15.2 Å². The fourth-order valence-corrected chi connectivity index (χ4v) is 3.57. The van der Waals surface area contributed by atoms with Crippen LogP contribution in [0, 0.1) is 0 Å². The van der Waals surface area contributed by atoms with E-state index in [1.165, 1.54) is 23.5 Å². The molecule has 1 aromatic heterocycles. The second-order valence-electron chi connectivity index (χ2n) is 6.22. The van der Waals surface area contributed by atoms with Gasteiger partial charge in [0.2, 0.25) is 0 Å². The highest BCUT2D eigenvalue weighted by atomic mass is 32.1. The molecule has 2 heterocycles. The summed E-state index contributed by atoms with van der Waals surface area (Å²) in [6.07, 6.45) is -3.53. The molecule has 0 bridgehead atoms. The van der Waals surface area contributed by atoms with Gasteiger partial charge in [0.15, 0.2) is 0 Å². The van der Waals surface area contributed by atoms with Crippen LogP contribution in [0.1, 0.15) is 33.0 Å². The number of rotatable bonds is 5. The van der Waals surface area contributed by atoms with Gasteiger partial charge in [-0.05, 0) is 24.1 Å². The second kappa shape index (κ2) is 7.73. The van der Waals surface area contributed by atoms with Gasteiger partial charge in [-0.15, -0.1) is 11.3 Å². The Morgan fingerprint density at radius 2 is 2.08 bits per heavy atom. The first kappa shape index (κ1) is 18.8. The lowest BCUT2D eigenvalue weighted by Gasteiger charge is -2.17. The number of hydrogen-bond acceptors (Lipinski definition) is 5. The summed E-state index contributed by atoms with van der Waals surface area (Å²) in [6, 6.07) is 5.19. The number of nitrogens with one attached hydrogen (secondary N) is 1. The van der Waals surface area contributed by atoms with Gasteiger partial charge >= 0.3 is 6.18 Å². The molecule has 1 aliphatic rings. The molecule has 5 nitrogen and oxygen atoms in total. The minimum atomic E-state index is -4.32. The highest BCUT2D eigenvalue weighted by Crippen LogP contribution is 2.29. The summed E-state index contributed by atoms with van der Waals surface area (Å²) in [4.78, 5) is 18.5. The third-order valence-corrected chi connectivity index (χ3v) is 5.13. The number of amides is 1. The summed E-state index contributed by atoms with van der Waals surface area (Å²) in [5, 5.41) is 5.35. The van der Waals surface area contributed by atoms with E-state index in [4.69, 9.17) is 5.73 Å². The van der Waals surface area contributed by atoms with E-state index in [0.717, 1.165) is 30.7 Å². The Hall–Kier alpha value is -1.97. The molecule has 1 amide bonds. The summed E-state index contributed by atoms with van der Waals surface area (Å²) in [5.41, 5.74) is 6.04. The van der Waals surface area contributed by atoms with Gasteiger partial charge < -0.3 is 11.1 Å². The Bertz CT molecular complexity index is 760. The number of benzene rings is 1. The SMILES string of the molecule is NCc1nc(C(=O)NC2CCN(Cc3ccc(C(F)(F)F)cc3)C2)cs1. The molecule has 9 heteroatoms. The highest BCUT2D eigenvalue weighted by molar-refractivity contribution is 7.09. The zero-order valence-electron chi connectivity index (χ0n) is 13.9. The van der Waals surface area contributed by atoms with E-state index >= 15 is 0 Å². The van der Waals surface area contributed by atoms with Crippen LogP contribution >= 0.6 is 11.3 Å². The Labute approximate surface area is 153 Å². The van der Waals surface area contributed by atoms with Gasteiger partial charge in [0.05, 0.1) is 5.56 Å². The van der Waals surface area contributed by atoms with Crippen LogP contribution in [0.5, 0.6) is 0 Å². The van der Waals surface area contributed by atoms with E-state index in [0.29, 0.717) is 30.3 Å². The summed E-state index contributed by atoms with van der Waals surface area (Å²) in [6.45, 7) is 2.29. The van der Waals surface area contributed by atoms with Gasteiger partial charge in [-0.2, -0.15) is 13.2 Å². The molecule has 0 radical (unpaired) electrons. The molecule has 0 saturated carbocycles. The maximum Gasteiger partial charge on any atom is 0.416 e. The normalized spacial score (nSPS) is 18.2. The number of aromatic nitrogens is 1. The van der Waals surface area contributed by atoms with Crippen LogP contribution in [0.2, 0.25) is 0 Å². The van der Waals surface area contributed by atoms with E-state index < -0.39 is 11.7 Å². The summed E-state index contributed by atoms with van der Waals surface area (Å²) < 4.78 is 37.8. The van der Waals surface area contributed by atoms with Crippen LogP contribution in [0.25, 0.3) is 0 Å². The van der Waals surface area contributed by atoms with Crippen LogP contribution in [-0.4, -0.2) is 34.9 Å². The molecule has 1 aromatic carbocycles. The number of alkyl halides is 3. The highest BCUT2D eigenvalue weighted by Gasteiger charge is 2.30. The Morgan fingerprint density at radius 1 is 1.35 bits per heavy atom. The van der Waals surface area contributed by atoms with Gasteiger partial charge in [0.1, 0.15) is 10.7 Å². The minimum absolute atomic E-state index is 0.0000233. The zero-order chi connectivity index (χ0) is 18.7. The van der Waals surface area contributed by atoms with Gasteiger partial charge in [0, 0.05) is 37.6 Å². The van der Waals surface area contributed by atoms with Crippen LogP contribution in [-0.2, 0) is 19.3 Å². The van der Waals surface area contributed by atoms with Gasteiger partial charge in [0.25, 0.3) is 5.91 Å². The molecule has 0 spiro atoms. The third-order valence-electron chi connectivity index (χ3n) is 4.25. The predicted octanol–water partition coefficient (Wildman–Crippen LogP) is 2.62. The maximum atomic E-state index is 12.6. The fourth-order valence-electron chi connectivity index (χ4n) is 2.92. The summed E-state index contributed by atoms with van der Waals surface area (Å²) in [7, 11) is 0. The largest absolute Gasteiger partial charge is 0.416 e. The fraction of sp³-hybridized carbons (Fsp3) is 0.412. The number of hydrogen-bond donors (Lipinski definition) is 2. The monoisotopic (exact) mass is 384 g/mol. The van der Waals surface area contributed by atoms with Crippen molar-refractivity contribution in [3.05, 3.63) is 51.5 Å². The number of carbonyl (C=O) groups is 1. The quantitative estimate of drug-likeness (QED) is 0.831. The molecular formula is C17H19F3N4OS. The van der Waals surface area contributed by atoms with E-state index in [-0.39, 0.29) is 11.9 Å². The second-order valence-corrected chi connectivity index (χ2v) is 7.16. The Balaban J connectivity index is 1.51. The van der Waals surface area contributed by atoms with Crippen molar-refractivity contribution < 1.29 is 18.0 Å². The van der Waals surface area contributed by atoms with Crippen LogP contribution in [0.15, 0.2) is 29.6 Å².